The van der Waals surface area contributed by atoms with Crippen LogP contribution in [0.1, 0.15) is 49.7 Å². The summed E-state index contributed by atoms with van der Waals surface area (Å²) in [4.78, 5) is 0. The minimum atomic E-state index is 0.601. The predicted molar refractivity (Wildman–Crippen MR) is 67.9 cm³/mol. The van der Waals surface area contributed by atoms with E-state index < -0.39 is 0 Å². The van der Waals surface area contributed by atoms with Crippen molar-refractivity contribution >= 4 is 0 Å². The molecular weight excluding hydrogens is 214 g/mol. The summed E-state index contributed by atoms with van der Waals surface area (Å²) in [6, 6.07) is 2.87. The fraction of sp³-hybridized carbons (Fsp3) is 0.714. The molecule has 1 saturated carbocycles. The zero-order valence-corrected chi connectivity index (χ0v) is 10.9. The van der Waals surface area contributed by atoms with Crippen molar-refractivity contribution in [1.29, 1.82) is 0 Å². The lowest BCUT2D eigenvalue weighted by molar-refractivity contribution is 0.103. The molecule has 0 spiro atoms. The Labute approximate surface area is 104 Å². The van der Waals surface area contributed by atoms with Crippen molar-refractivity contribution in [2.45, 2.75) is 58.7 Å². The molecule has 0 bridgehead atoms. The van der Waals surface area contributed by atoms with Gasteiger partial charge in [0.05, 0.1) is 0 Å². The Balaban J connectivity index is 1.75. The van der Waals surface area contributed by atoms with Crippen molar-refractivity contribution in [2.75, 3.05) is 6.61 Å². The normalized spacial score (nSPS) is 15.4. The van der Waals surface area contributed by atoms with Crippen LogP contribution in [0.2, 0.25) is 0 Å². The highest BCUT2D eigenvalue weighted by molar-refractivity contribution is 5.20. The van der Waals surface area contributed by atoms with Crippen LogP contribution in [0.5, 0.6) is 0 Å². The maximum absolute atomic E-state index is 5.68. The highest BCUT2D eigenvalue weighted by atomic mass is 16.5. The molecule has 1 N–H and O–H groups in total. The Morgan fingerprint density at radius 1 is 1.47 bits per heavy atom. The van der Waals surface area contributed by atoms with Crippen molar-refractivity contribution < 1.29 is 9.15 Å². The first-order valence-electron chi connectivity index (χ1n) is 6.69. The van der Waals surface area contributed by atoms with Crippen molar-refractivity contribution in [2.24, 2.45) is 0 Å². The summed E-state index contributed by atoms with van der Waals surface area (Å²) in [5.41, 5.74) is 1.27. The van der Waals surface area contributed by atoms with Crippen LogP contribution >= 0.6 is 0 Å². The molecule has 17 heavy (non-hydrogen) atoms. The molecule has 0 radical (unpaired) electrons. The number of aryl methyl sites for hydroxylation is 1. The van der Waals surface area contributed by atoms with Gasteiger partial charge in [-0.2, -0.15) is 0 Å². The summed E-state index contributed by atoms with van der Waals surface area (Å²) in [5, 5.41) is 3.50. The lowest BCUT2D eigenvalue weighted by Gasteiger charge is -1.99. The van der Waals surface area contributed by atoms with E-state index in [0.717, 1.165) is 37.1 Å². The monoisotopic (exact) mass is 237 g/mol. The van der Waals surface area contributed by atoms with Crippen molar-refractivity contribution in [3.05, 3.63) is 23.2 Å². The second kappa shape index (κ2) is 6.22. The molecule has 1 aromatic rings. The summed E-state index contributed by atoms with van der Waals surface area (Å²) in [6.45, 7) is 6.55. The third-order valence-electron chi connectivity index (χ3n) is 3.12. The van der Waals surface area contributed by atoms with Gasteiger partial charge in [0.2, 0.25) is 0 Å². The number of nitrogens with one attached hydrogen (secondary N) is 1. The molecule has 0 aromatic carbocycles. The lowest BCUT2D eigenvalue weighted by atomic mass is 10.2. The summed E-state index contributed by atoms with van der Waals surface area (Å²) in [5.74, 6) is 1.97. The fourth-order valence-corrected chi connectivity index (χ4v) is 1.80. The highest BCUT2D eigenvalue weighted by Gasteiger charge is 2.20. The standard InChI is InChI=1S/C14H23NO2/c1-3-4-7-16-10-14-8-12(11(2)17-14)9-15-13-5-6-13/h8,13,15H,3-7,9-10H2,1-2H3. The molecule has 3 heteroatoms. The molecule has 1 fully saturated rings. The summed E-state index contributed by atoms with van der Waals surface area (Å²) < 4.78 is 11.2. The predicted octanol–water partition coefficient (Wildman–Crippen LogP) is 3.16. The van der Waals surface area contributed by atoms with Crippen LogP contribution in [0.3, 0.4) is 0 Å². The van der Waals surface area contributed by atoms with E-state index in [1.807, 2.05) is 6.92 Å². The van der Waals surface area contributed by atoms with Crippen molar-refractivity contribution in [1.82, 2.24) is 5.32 Å². The van der Waals surface area contributed by atoms with Crippen LogP contribution in [0.25, 0.3) is 0 Å². The number of rotatable bonds is 8. The molecule has 0 saturated heterocycles. The minimum absolute atomic E-state index is 0.601. The van der Waals surface area contributed by atoms with Gasteiger partial charge >= 0.3 is 0 Å². The molecule has 0 aliphatic heterocycles. The number of hydrogen-bond donors (Lipinski definition) is 1. The smallest absolute Gasteiger partial charge is 0.130 e. The Bertz CT molecular complexity index is 342. The molecule has 0 amide bonds. The molecule has 1 aliphatic rings. The molecule has 96 valence electrons. The average molecular weight is 237 g/mol. The van der Waals surface area contributed by atoms with Crippen LogP contribution in [0, 0.1) is 6.92 Å². The maximum atomic E-state index is 5.68. The van der Waals surface area contributed by atoms with E-state index in [0.29, 0.717) is 6.61 Å². The topological polar surface area (TPSA) is 34.4 Å². The van der Waals surface area contributed by atoms with E-state index in [4.69, 9.17) is 9.15 Å². The molecule has 3 nitrogen and oxygen atoms in total. The Kier molecular flexibility index (Phi) is 4.63. The number of hydrogen-bond acceptors (Lipinski definition) is 3. The maximum Gasteiger partial charge on any atom is 0.130 e. The second-order valence-electron chi connectivity index (χ2n) is 4.86. The van der Waals surface area contributed by atoms with Crippen molar-refractivity contribution in [3.63, 3.8) is 0 Å². The van der Waals surface area contributed by atoms with Gasteiger partial charge < -0.3 is 14.5 Å². The van der Waals surface area contributed by atoms with E-state index >= 15 is 0 Å². The zero-order chi connectivity index (χ0) is 12.1. The third-order valence-corrected chi connectivity index (χ3v) is 3.12. The van der Waals surface area contributed by atoms with E-state index in [-0.39, 0.29) is 0 Å². The van der Waals surface area contributed by atoms with E-state index in [2.05, 4.69) is 18.3 Å². The number of furan rings is 1. The first kappa shape index (κ1) is 12.7. The SMILES string of the molecule is CCCCOCc1cc(CNC2CC2)c(C)o1. The summed E-state index contributed by atoms with van der Waals surface area (Å²) >= 11 is 0. The Hall–Kier alpha value is -0.800. The number of ether oxygens (including phenoxy) is 1. The van der Waals surface area contributed by atoms with Gasteiger partial charge in [0.1, 0.15) is 18.1 Å². The fourth-order valence-electron chi connectivity index (χ4n) is 1.80. The molecular formula is C14H23NO2. The van der Waals surface area contributed by atoms with Gasteiger partial charge in [-0.25, -0.2) is 0 Å². The van der Waals surface area contributed by atoms with E-state index in [1.165, 1.54) is 24.8 Å². The van der Waals surface area contributed by atoms with Gasteiger partial charge in [0, 0.05) is 24.8 Å². The van der Waals surface area contributed by atoms with E-state index in [9.17, 15) is 0 Å². The first-order valence-corrected chi connectivity index (χ1v) is 6.69. The molecule has 1 aromatic heterocycles. The van der Waals surface area contributed by atoms with Gasteiger partial charge in [0.15, 0.2) is 0 Å². The molecule has 0 unspecified atom stereocenters. The minimum Gasteiger partial charge on any atom is -0.464 e. The van der Waals surface area contributed by atoms with Gasteiger partial charge in [-0.15, -0.1) is 0 Å². The molecule has 1 aliphatic carbocycles. The largest absolute Gasteiger partial charge is 0.464 e. The third kappa shape index (κ3) is 4.17. The van der Waals surface area contributed by atoms with Gasteiger partial charge in [-0.3, -0.25) is 0 Å². The quantitative estimate of drug-likeness (QED) is 0.705. The zero-order valence-electron chi connectivity index (χ0n) is 10.9. The highest BCUT2D eigenvalue weighted by Crippen LogP contribution is 2.21. The van der Waals surface area contributed by atoms with Crippen LogP contribution in [-0.4, -0.2) is 12.6 Å². The van der Waals surface area contributed by atoms with Crippen LogP contribution in [0.15, 0.2) is 10.5 Å². The van der Waals surface area contributed by atoms with Gasteiger partial charge in [-0.1, -0.05) is 13.3 Å². The number of unbranched alkanes of at least 4 members (excludes halogenated alkanes) is 1. The van der Waals surface area contributed by atoms with E-state index in [1.54, 1.807) is 0 Å². The van der Waals surface area contributed by atoms with Crippen LogP contribution in [-0.2, 0) is 17.9 Å². The first-order chi connectivity index (χ1) is 8.29. The van der Waals surface area contributed by atoms with Gasteiger partial charge in [0.25, 0.3) is 0 Å². The lowest BCUT2D eigenvalue weighted by Crippen LogP contribution is -2.15. The van der Waals surface area contributed by atoms with Crippen molar-refractivity contribution in [3.8, 4) is 0 Å². The molecule has 0 atom stereocenters. The average Bonchev–Trinajstić information content (AvgIpc) is 3.07. The Morgan fingerprint density at radius 3 is 3.00 bits per heavy atom. The second-order valence-corrected chi connectivity index (χ2v) is 4.86. The summed E-state index contributed by atoms with van der Waals surface area (Å²) in [6.07, 6.45) is 4.94. The molecule has 2 rings (SSSR count). The molecule has 1 heterocycles. The van der Waals surface area contributed by atoms with Crippen LogP contribution in [0.4, 0.5) is 0 Å². The van der Waals surface area contributed by atoms with Crippen LogP contribution < -0.4 is 5.32 Å². The van der Waals surface area contributed by atoms with Gasteiger partial charge in [-0.05, 0) is 32.3 Å². The Morgan fingerprint density at radius 2 is 2.29 bits per heavy atom. The summed E-state index contributed by atoms with van der Waals surface area (Å²) in [7, 11) is 0.